The van der Waals surface area contributed by atoms with Gasteiger partial charge in [-0.05, 0) is 50.9 Å². The van der Waals surface area contributed by atoms with Crippen molar-refractivity contribution in [1.29, 1.82) is 0 Å². The first-order chi connectivity index (χ1) is 9.23. The van der Waals surface area contributed by atoms with Gasteiger partial charge in [0.25, 0.3) is 0 Å². The van der Waals surface area contributed by atoms with E-state index in [1.165, 1.54) is 12.8 Å². The fourth-order valence-electron chi connectivity index (χ4n) is 2.11. The van der Waals surface area contributed by atoms with Crippen LogP contribution in [0, 0.1) is 5.41 Å². The molecule has 1 saturated carbocycles. The summed E-state index contributed by atoms with van der Waals surface area (Å²) < 4.78 is 5.64. The van der Waals surface area contributed by atoms with E-state index in [-0.39, 0.29) is 5.91 Å². The molecule has 1 aliphatic carbocycles. The molecule has 0 aliphatic heterocycles. The lowest BCUT2D eigenvalue weighted by atomic mass is 9.93. The van der Waals surface area contributed by atoms with Gasteiger partial charge in [-0.15, -0.1) is 0 Å². The summed E-state index contributed by atoms with van der Waals surface area (Å²) >= 11 is 0. The lowest BCUT2D eigenvalue weighted by Gasteiger charge is -2.27. The largest absolute Gasteiger partial charge is 0.381 e. The van der Waals surface area contributed by atoms with Crippen LogP contribution in [0.15, 0.2) is 0 Å². The van der Waals surface area contributed by atoms with Crippen molar-refractivity contribution >= 4 is 5.91 Å². The van der Waals surface area contributed by atoms with Gasteiger partial charge in [-0.25, -0.2) is 0 Å². The summed E-state index contributed by atoms with van der Waals surface area (Å²) in [6.45, 7) is 10.2. The summed E-state index contributed by atoms with van der Waals surface area (Å²) in [7, 11) is 0. The van der Waals surface area contributed by atoms with Crippen LogP contribution >= 0.6 is 0 Å². The number of hydrogen-bond donors (Lipinski definition) is 2. The summed E-state index contributed by atoms with van der Waals surface area (Å²) in [5, 5.41) is 3.37. The average Bonchev–Trinajstić information content (AvgIpc) is 3.10. The molecule has 1 atom stereocenters. The van der Waals surface area contributed by atoms with Crippen LogP contribution in [0.1, 0.15) is 66.2 Å². The minimum absolute atomic E-state index is 0.238. The van der Waals surface area contributed by atoms with Crippen molar-refractivity contribution in [3.05, 3.63) is 0 Å². The molecule has 3 N–H and O–H groups in total. The van der Waals surface area contributed by atoms with Gasteiger partial charge in [0, 0.05) is 19.3 Å². The van der Waals surface area contributed by atoms with Crippen LogP contribution in [-0.2, 0) is 9.53 Å². The van der Waals surface area contributed by atoms with E-state index in [2.05, 4.69) is 26.1 Å². The molecule has 4 heteroatoms. The maximum absolute atomic E-state index is 11.6. The Bertz CT molecular complexity index is 308. The SMILES string of the molecule is CC(C)(C)CCOCCCCC(C)(NC1CC1)C(N)=O. The van der Waals surface area contributed by atoms with Gasteiger partial charge in [0.1, 0.15) is 0 Å². The van der Waals surface area contributed by atoms with E-state index in [1.807, 2.05) is 6.92 Å². The average molecular weight is 284 g/mol. The van der Waals surface area contributed by atoms with Gasteiger partial charge in [0.2, 0.25) is 5.91 Å². The van der Waals surface area contributed by atoms with Crippen molar-refractivity contribution in [3.8, 4) is 0 Å². The van der Waals surface area contributed by atoms with E-state index in [0.29, 0.717) is 11.5 Å². The van der Waals surface area contributed by atoms with Gasteiger partial charge >= 0.3 is 0 Å². The predicted molar refractivity (Wildman–Crippen MR) is 82.5 cm³/mol. The molecule has 20 heavy (non-hydrogen) atoms. The lowest BCUT2D eigenvalue weighted by Crippen LogP contribution is -2.53. The molecule has 0 radical (unpaired) electrons. The number of ether oxygens (including phenoxy) is 1. The Labute approximate surface area is 123 Å². The second-order valence-corrected chi connectivity index (χ2v) is 7.50. The third-order valence-corrected chi connectivity index (χ3v) is 3.86. The molecule has 0 aromatic rings. The van der Waals surface area contributed by atoms with Gasteiger partial charge < -0.3 is 15.8 Å². The van der Waals surface area contributed by atoms with Crippen LogP contribution in [0.4, 0.5) is 0 Å². The predicted octanol–water partition coefficient (Wildman–Crippen LogP) is 2.61. The molecular weight excluding hydrogens is 252 g/mol. The number of nitrogens with two attached hydrogens (primary N) is 1. The van der Waals surface area contributed by atoms with Crippen molar-refractivity contribution in [2.24, 2.45) is 11.1 Å². The Balaban J connectivity index is 2.10. The number of carbonyl (C=O) groups excluding carboxylic acids is 1. The standard InChI is InChI=1S/C16H32N2O2/c1-15(2,3)10-12-20-11-6-5-9-16(4,14(17)19)18-13-7-8-13/h13,18H,5-12H2,1-4H3,(H2,17,19). The Kier molecular flexibility index (Phi) is 6.46. The third-order valence-electron chi connectivity index (χ3n) is 3.86. The van der Waals surface area contributed by atoms with E-state index < -0.39 is 5.54 Å². The molecule has 0 heterocycles. The van der Waals surface area contributed by atoms with E-state index in [4.69, 9.17) is 10.5 Å². The highest BCUT2D eigenvalue weighted by molar-refractivity contribution is 5.84. The first-order valence-corrected chi connectivity index (χ1v) is 7.88. The second-order valence-electron chi connectivity index (χ2n) is 7.50. The fourth-order valence-corrected chi connectivity index (χ4v) is 2.11. The van der Waals surface area contributed by atoms with Crippen LogP contribution < -0.4 is 11.1 Å². The minimum atomic E-state index is -0.549. The zero-order chi connectivity index (χ0) is 15.2. The van der Waals surface area contributed by atoms with Crippen molar-refractivity contribution in [2.45, 2.75) is 77.8 Å². The van der Waals surface area contributed by atoms with Gasteiger partial charge in [-0.2, -0.15) is 0 Å². The number of carbonyl (C=O) groups is 1. The number of rotatable bonds is 10. The van der Waals surface area contributed by atoms with Crippen LogP contribution in [0.5, 0.6) is 0 Å². The van der Waals surface area contributed by atoms with Crippen LogP contribution in [0.2, 0.25) is 0 Å². The third kappa shape index (κ3) is 7.25. The highest BCUT2D eigenvalue weighted by Crippen LogP contribution is 2.25. The van der Waals surface area contributed by atoms with E-state index in [1.54, 1.807) is 0 Å². The smallest absolute Gasteiger partial charge is 0.237 e. The van der Waals surface area contributed by atoms with Crippen LogP contribution in [0.25, 0.3) is 0 Å². The molecule has 0 aromatic carbocycles. The van der Waals surface area contributed by atoms with E-state index in [9.17, 15) is 4.79 Å². The fraction of sp³-hybridized carbons (Fsp3) is 0.938. The van der Waals surface area contributed by atoms with Crippen molar-refractivity contribution in [1.82, 2.24) is 5.32 Å². The van der Waals surface area contributed by atoms with E-state index in [0.717, 1.165) is 38.9 Å². The summed E-state index contributed by atoms with van der Waals surface area (Å²) in [5.41, 5.74) is 5.31. The molecule has 0 bridgehead atoms. The number of unbranched alkanes of at least 4 members (excludes halogenated alkanes) is 1. The summed E-state index contributed by atoms with van der Waals surface area (Å²) in [5.74, 6) is -0.238. The van der Waals surface area contributed by atoms with Crippen molar-refractivity contribution in [3.63, 3.8) is 0 Å². The first kappa shape index (κ1) is 17.4. The molecule has 1 amide bonds. The Hall–Kier alpha value is -0.610. The summed E-state index contributed by atoms with van der Waals surface area (Å²) in [6.07, 6.45) is 6.16. The molecule has 0 spiro atoms. The monoisotopic (exact) mass is 284 g/mol. The zero-order valence-corrected chi connectivity index (χ0v) is 13.6. The Morgan fingerprint density at radius 2 is 1.80 bits per heavy atom. The Morgan fingerprint density at radius 3 is 2.30 bits per heavy atom. The highest BCUT2D eigenvalue weighted by Gasteiger charge is 2.36. The maximum Gasteiger partial charge on any atom is 0.237 e. The molecular formula is C16H32N2O2. The topological polar surface area (TPSA) is 64.3 Å². The number of hydrogen-bond acceptors (Lipinski definition) is 3. The minimum Gasteiger partial charge on any atom is -0.381 e. The Morgan fingerprint density at radius 1 is 1.15 bits per heavy atom. The summed E-state index contributed by atoms with van der Waals surface area (Å²) in [4.78, 5) is 11.6. The molecule has 0 aromatic heterocycles. The van der Waals surface area contributed by atoms with Crippen molar-refractivity contribution in [2.75, 3.05) is 13.2 Å². The van der Waals surface area contributed by atoms with Gasteiger partial charge in [-0.1, -0.05) is 20.8 Å². The van der Waals surface area contributed by atoms with Gasteiger partial charge in [0.05, 0.1) is 5.54 Å². The lowest BCUT2D eigenvalue weighted by molar-refractivity contribution is -0.124. The first-order valence-electron chi connectivity index (χ1n) is 7.88. The molecule has 4 nitrogen and oxygen atoms in total. The number of primary amides is 1. The highest BCUT2D eigenvalue weighted by atomic mass is 16.5. The number of nitrogens with one attached hydrogen (secondary N) is 1. The van der Waals surface area contributed by atoms with Crippen molar-refractivity contribution < 1.29 is 9.53 Å². The molecule has 118 valence electrons. The second kappa shape index (κ2) is 7.41. The van der Waals surface area contributed by atoms with Crippen LogP contribution in [0.3, 0.4) is 0 Å². The number of amides is 1. The molecule has 1 aliphatic rings. The van der Waals surface area contributed by atoms with Gasteiger partial charge in [0.15, 0.2) is 0 Å². The maximum atomic E-state index is 11.6. The molecule has 0 saturated heterocycles. The summed E-state index contributed by atoms with van der Waals surface area (Å²) in [6, 6.07) is 0.496. The quantitative estimate of drug-likeness (QED) is 0.606. The molecule has 1 unspecified atom stereocenters. The molecule has 1 rings (SSSR count). The molecule has 1 fully saturated rings. The van der Waals surface area contributed by atoms with Crippen LogP contribution in [-0.4, -0.2) is 30.7 Å². The normalized spacial score (nSPS) is 18.8. The van der Waals surface area contributed by atoms with E-state index >= 15 is 0 Å². The zero-order valence-electron chi connectivity index (χ0n) is 13.6. The van der Waals surface area contributed by atoms with Gasteiger partial charge in [-0.3, -0.25) is 4.79 Å².